The molecule has 0 aromatic carbocycles. The summed E-state index contributed by atoms with van der Waals surface area (Å²) in [6.45, 7) is -0.193. The molecule has 0 saturated carbocycles. The molecule has 0 saturated heterocycles. The zero-order valence-corrected chi connectivity index (χ0v) is 10.2. The highest BCUT2D eigenvalue weighted by Gasteiger charge is 2.17. The molecule has 0 fully saturated rings. The van der Waals surface area contributed by atoms with E-state index < -0.39 is 5.97 Å². The lowest BCUT2D eigenvalue weighted by molar-refractivity contribution is 0.0699. The normalized spacial score (nSPS) is 10.8. The molecule has 7 nitrogen and oxygen atoms in total. The first-order valence-corrected chi connectivity index (χ1v) is 5.82. The van der Waals surface area contributed by atoms with Crippen LogP contribution in [0.15, 0.2) is 30.9 Å². The maximum Gasteiger partial charge on any atom is 0.338 e. The Hall–Kier alpha value is -2.80. The minimum absolute atomic E-state index is 0.109. The Morgan fingerprint density at radius 3 is 2.90 bits per heavy atom. The van der Waals surface area contributed by atoms with Gasteiger partial charge in [-0.2, -0.15) is 0 Å². The molecule has 0 aliphatic heterocycles. The second-order valence-corrected chi connectivity index (χ2v) is 4.15. The molecule has 3 rings (SSSR count). The SMILES string of the molecule is O=C(O)c1c[nH]c2ncnc(-c3ccnc(CO)c3)c12. The van der Waals surface area contributed by atoms with Crippen LogP contribution in [0, 0.1) is 0 Å². The first kappa shape index (κ1) is 12.2. The van der Waals surface area contributed by atoms with Crippen molar-refractivity contribution in [2.24, 2.45) is 0 Å². The largest absolute Gasteiger partial charge is 0.478 e. The fourth-order valence-corrected chi connectivity index (χ4v) is 2.06. The van der Waals surface area contributed by atoms with Crippen LogP contribution >= 0.6 is 0 Å². The third-order valence-electron chi connectivity index (χ3n) is 2.95. The molecular weight excluding hydrogens is 260 g/mol. The number of nitrogens with zero attached hydrogens (tertiary/aromatic N) is 3. The highest BCUT2D eigenvalue weighted by atomic mass is 16.4. The van der Waals surface area contributed by atoms with E-state index in [-0.39, 0.29) is 12.2 Å². The van der Waals surface area contributed by atoms with Crippen molar-refractivity contribution in [1.82, 2.24) is 19.9 Å². The van der Waals surface area contributed by atoms with Crippen molar-refractivity contribution in [3.8, 4) is 11.3 Å². The van der Waals surface area contributed by atoms with Crippen LogP contribution in [0.3, 0.4) is 0 Å². The summed E-state index contributed by atoms with van der Waals surface area (Å²) in [5.74, 6) is -1.05. The van der Waals surface area contributed by atoms with Crippen molar-refractivity contribution in [2.45, 2.75) is 6.61 Å². The number of pyridine rings is 1. The molecular formula is C13H10N4O3. The van der Waals surface area contributed by atoms with E-state index in [0.717, 1.165) is 0 Å². The van der Waals surface area contributed by atoms with Gasteiger partial charge >= 0.3 is 5.97 Å². The summed E-state index contributed by atoms with van der Waals surface area (Å²) in [5.41, 5.74) is 2.22. The number of rotatable bonds is 3. The predicted molar refractivity (Wildman–Crippen MR) is 70.0 cm³/mol. The molecule has 0 aliphatic carbocycles. The number of aliphatic hydroxyl groups is 1. The van der Waals surface area contributed by atoms with Gasteiger partial charge in [-0.05, 0) is 12.1 Å². The number of H-pyrrole nitrogens is 1. The first-order chi connectivity index (χ1) is 9.70. The van der Waals surface area contributed by atoms with E-state index in [4.69, 9.17) is 5.11 Å². The van der Waals surface area contributed by atoms with Gasteiger partial charge in [0.25, 0.3) is 0 Å². The maximum atomic E-state index is 11.3. The van der Waals surface area contributed by atoms with Gasteiger partial charge in [-0.25, -0.2) is 14.8 Å². The van der Waals surface area contributed by atoms with E-state index in [2.05, 4.69) is 19.9 Å². The molecule has 0 spiro atoms. The fourth-order valence-electron chi connectivity index (χ4n) is 2.06. The van der Waals surface area contributed by atoms with Crippen LogP contribution in [0.1, 0.15) is 16.1 Å². The van der Waals surface area contributed by atoms with E-state index in [1.807, 2.05) is 0 Å². The van der Waals surface area contributed by atoms with Gasteiger partial charge in [-0.15, -0.1) is 0 Å². The molecule has 3 aromatic rings. The average Bonchev–Trinajstić information content (AvgIpc) is 2.91. The van der Waals surface area contributed by atoms with E-state index in [1.54, 1.807) is 18.3 Å². The Bertz CT molecular complexity index is 797. The Kier molecular flexibility index (Phi) is 2.88. The third kappa shape index (κ3) is 1.90. The van der Waals surface area contributed by atoms with Crippen LogP contribution in [0.5, 0.6) is 0 Å². The molecule has 0 radical (unpaired) electrons. The molecule has 0 unspecified atom stereocenters. The number of carboxylic acid groups (broad SMARTS) is 1. The van der Waals surface area contributed by atoms with Crippen molar-refractivity contribution in [3.63, 3.8) is 0 Å². The lowest BCUT2D eigenvalue weighted by atomic mass is 10.1. The summed E-state index contributed by atoms with van der Waals surface area (Å²) in [7, 11) is 0. The molecule has 3 N–H and O–H groups in total. The minimum atomic E-state index is -1.05. The second-order valence-electron chi connectivity index (χ2n) is 4.15. The van der Waals surface area contributed by atoms with Crippen LogP contribution in [-0.4, -0.2) is 36.1 Å². The zero-order valence-electron chi connectivity index (χ0n) is 10.2. The number of nitrogens with one attached hydrogen (secondary N) is 1. The molecule has 0 atom stereocenters. The topological polar surface area (TPSA) is 112 Å². The summed E-state index contributed by atoms with van der Waals surface area (Å²) >= 11 is 0. The minimum Gasteiger partial charge on any atom is -0.478 e. The average molecular weight is 270 g/mol. The van der Waals surface area contributed by atoms with E-state index in [9.17, 15) is 9.90 Å². The fraction of sp³-hybridized carbons (Fsp3) is 0.0769. The van der Waals surface area contributed by atoms with Crippen LogP contribution in [0.4, 0.5) is 0 Å². The number of carbonyl (C=O) groups is 1. The van der Waals surface area contributed by atoms with Crippen LogP contribution < -0.4 is 0 Å². The molecule has 0 amide bonds. The van der Waals surface area contributed by atoms with Gasteiger partial charge in [0.15, 0.2) is 0 Å². The summed E-state index contributed by atoms with van der Waals surface area (Å²) in [4.78, 5) is 26.2. The lowest BCUT2D eigenvalue weighted by Gasteiger charge is -2.04. The number of hydrogen-bond acceptors (Lipinski definition) is 5. The van der Waals surface area contributed by atoms with Crippen LogP contribution in [0.2, 0.25) is 0 Å². The van der Waals surface area contributed by atoms with E-state index in [0.29, 0.717) is 28.0 Å². The van der Waals surface area contributed by atoms with Crippen LogP contribution in [0.25, 0.3) is 22.3 Å². The number of aliphatic hydroxyl groups excluding tert-OH is 1. The summed E-state index contributed by atoms with van der Waals surface area (Å²) in [6, 6.07) is 3.37. The summed E-state index contributed by atoms with van der Waals surface area (Å²) in [5, 5.41) is 18.8. The van der Waals surface area contributed by atoms with Gasteiger partial charge in [0.1, 0.15) is 12.0 Å². The Morgan fingerprint density at radius 2 is 2.15 bits per heavy atom. The van der Waals surface area contributed by atoms with Crippen molar-refractivity contribution < 1.29 is 15.0 Å². The summed E-state index contributed by atoms with van der Waals surface area (Å²) < 4.78 is 0. The van der Waals surface area contributed by atoms with Crippen molar-refractivity contribution in [2.75, 3.05) is 0 Å². The quantitative estimate of drug-likeness (QED) is 0.659. The van der Waals surface area contributed by atoms with Gasteiger partial charge < -0.3 is 15.2 Å². The van der Waals surface area contributed by atoms with Gasteiger partial charge in [0, 0.05) is 18.0 Å². The second kappa shape index (κ2) is 4.71. The highest BCUT2D eigenvalue weighted by molar-refractivity contribution is 6.07. The number of aromatic amines is 1. The Labute approximate surface area is 113 Å². The van der Waals surface area contributed by atoms with Crippen molar-refractivity contribution in [1.29, 1.82) is 0 Å². The standard InChI is InChI=1S/C13H10N4O3/c18-5-8-3-7(1-2-14-8)11-10-9(13(19)20)4-15-12(10)17-6-16-11/h1-4,6,18H,5H2,(H,19,20)(H,15,16,17). The summed E-state index contributed by atoms with van der Waals surface area (Å²) in [6.07, 6.45) is 4.29. The number of carboxylic acids is 1. The van der Waals surface area contributed by atoms with Crippen molar-refractivity contribution in [3.05, 3.63) is 42.1 Å². The number of fused-ring (bicyclic) bond motifs is 1. The molecule has 0 aliphatic rings. The number of aromatic nitrogens is 4. The van der Waals surface area contributed by atoms with E-state index >= 15 is 0 Å². The predicted octanol–water partition coefficient (Wildman–Crippen LogP) is 1.21. The van der Waals surface area contributed by atoms with Gasteiger partial charge in [0.2, 0.25) is 0 Å². The van der Waals surface area contributed by atoms with Gasteiger partial charge in [0.05, 0.1) is 28.9 Å². The zero-order chi connectivity index (χ0) is 14.1. The molecule has 0 bridgehead atoms. The monoisotopic (exact) mass is 270 g/mol. The number of hydrogen-bond donors (Lipinski definition) is 3. The molecule has 3 heterocycles. The lowest BCUT2D eigenvalue weighted by Crippen LogP contribution is -1.97. The molecule has 100 valence electrons. The van der Waals surface area contributed by atoms with Gasteiger partial charge in [-0.3, -0.25) is 4.98 Å². The van der Waals surface area contributed by atoms with Crippen LogP contribution in [-0.2, 0) is 6.61 Å². The Morgan fingerprint density at radius 1 is 1.30 bits per heavy atom. The Balaban J connectivity index is 2.29. The molecule has 3 aromatic heterocycles. The maximum absolute atomic E-state index is 11.3. The highest BCUT2D eigenvalue weighted by Crippen LogP contribution is 2.28. The smallest absolute Gasteiger partial charge is 0.338 e. The number of aromatic carboxylic acids is 1. The van der Waals surface area contributed by atoms with E-state index in [1.165, 1.54) is 12.5 Å². The van der Waals surface area contributed by atoms with Gasteiger partial charge in [-0.1, -0.05) is 0 Å². The van der Waals surface area contributed by atoms with Crippen molar-refractivity contribution >= 4 is 17.0 Å². The first-order valence-electron chi connectivity index (χ1n) is 5.82. The molecule has 7 heteroatoms. The molecule has 20 heavy (non-hydrogen) atoms. The third-order valence-corrected chi connectivity index (χ3v) is 2.95.